The topological polar surface area (TPSA) is 34.1 Å². The number of ketones is 2. The van der Waals surface area contributed by atoms with Crippen LogP contribution in [-0.4, -0.2) is 16.9 Å². The van der Waals surface area contributed by atoms with Gasteiger partial charge in [-0.05, 0) is 30.1 Å². The van der Waals surface area contributed by atoms with Crippen molar-refractivity contribution in [1.82, 2.24) is 0 Å². The van der Waals surface area contributed by atoms with Crippen molar-refractivity contribution in [3.63, 3.8) is 0 Å². The number of carbonyl (C=O) groups is 2. The van der Waals surface area contributed by atoms with E-state index in [0.29, 0.717) is 5.92 Å². The first-order chi connectivity index (χ1) is 8.41. The molecule has 0 radical (unpaired) electrons. The number of allylic oxidation sites excluding steroid dienone is 2. The van der Waals surface area contributed by atoms with Crippen LogP contribution in [0.4, 0.5) is 0 Å². The van der Waals surface area contributed by atoms with Gasteiger partial charge in [-0.3, -0.25) is 9.59 Å². The molecule has 3 heteroatoms. The highest BCUT2D eigenvalue weighted by Crippen LogP contribution is 2.50. The predicted molar refractivity (Wildman–Crippen MR) is 75.7 cm³/mol. The summed E-state index contributed by atoms with van der Waals surface area (Å²) in [4.78, 5) is 24.5. The number of halogens is 1. The summed E-state index contributed by atoms with van der Waals surface area (Å²) in [6, 6.07) is 0. The van der Waals surface area contributed by atoms with Gasteiger partial charge in [0.25, 0.3) is 0 Å². The lowest BCUT2D eigenvalue weighted by Gasteiger charge is -2.46. The molecule has 0 aliphatic heterocycles. The number of rotatable bonds is 2. The van der Waals surface area contributed by atoms with E-state index in [4.69, 9.17) is 0 Å². The second-order valence-electron chi connectivity index (χ2n) is 6.10. The van der Waals surface area contributed by atoms with Crippen LogP contribution in [0.25, 0.3) is 0 Å². The van der Waals surface area contributed by atoms with Crippen molar-refractivity contribution in [2.75, 3.05) is 5.33 Å². The van der Waals surface area contributed by atoms with Gasteiger partial charge in [0.1, 0.15) is 0 Å². The van der Waals surface area contributed by atoms with Gasteiger partial charge in [0.15, 0.2) is 0 Å². The van der Waals surface area contributed by atoms with Crippen molar-refractivity contribution in [3.05, 3.63) is 11.6 Å². The largest absolute Gasteiger partial charge is 0.290 e. The lowest BCUT2D eigenvalue weighted by atomic mass is 9.56. The molecule has 0 aromatic rings. The Morgan fingerprint density at radius 2 is 2.11 bits per heavy atom. The fourth-order valence-electron chi connectivity index (χ4n) is 3.40. The van der Waals surface area contributed by atoms with Gasteiger partial charge < -0.3 is 0 Å². The molecule has 2 aliphatic carbocycles. The zero-order valence-electron chi connectivity index (χ0n) is 11.3. The summed E-state index contributed by atoms with van der Waals surface area (Å²) in [7, 11) is 0. The van der Waals surface area contributed by atoms with Crippen molar-refractivity contribution < 1.29 is 9.59 Å². The van der Waals surface area contributed by atoms with E-state index in [9.17, 15) is 9.59 Å². The molecule has 0 heterocycles. The zero-order chi connectivity index (χ0) is 13.5. The molecule has 0 spiro atoms. The second-order valence-corrected chi connectivity index (χ2v) is 6.75. The number of hydrogen-bond acceptors (Lipinski definition) is 2. The molecular weight excluding hydrogens is 292 g/mol. The van der Waals surface area contributed by atoms with Crippen LogP contribution in [0.5, 0.6) is 0 Å². The maximum atomic E-state index is 12.3. The Bertz CT molecular complexity index is 413. The third kappa shape index (κ3) is 2.01. The zero-order valence-corrected chi connectivity index (χ0v) is 12.9. The molecule has 2 rings (SSSR count). The molecule has 0 N–H and O–H groups in total. The monoisotopic (exact) mass is 312 g/mol. The first-order valence-corrected chi connectivity index (χ1v) is 7.91. The minimum atomic E-state index is -0.237. The van der Waals surface area contributed by atoms with Gasteiger partial charge in [-0.25, -0.2) is 0 Å². The van der Waals surface area contributed by atoms with Crippen LogP contribution in [-0.2, 0) is 9.59 Å². The highest BCUT2D eigenvalue weighted by molar-refractivity contribution is 9.09. The van der Waals surface area contributed by atoms with Crippen molar-refractivity contribution >= 4 is 27.5 Å². The van der Waals surface area contributed by atoms with Crippen molar-refractivity contribution in [2.45, 2.75) is 40.0 Å². The molecular formula is C15H21BrO2. The van der Waals surface area contributed by atoms with E-state index in [0.717, 1.165) is 30.2 Å². The number of Topliss-reactive ketones (excluding diaryl/α,β-unsaturated/α-hetero) is 2. The van der Waals surface area contributed by atoms with E-state index in [1.807, 2.05) is 6.92 Å². The summed E-state index contributed by atoms with van der Waals surface area (Å²) in [5.74, 6) is 0.132. The van der Waals surface area contributed by atoms with Gasteiger partial charge in [-0.15, -0.1) is 0 Å². The fourth-order valence-corrected chi connectivity index (χ4v) is 3.75. The van der Waals surface area contributed by atoms with Crippen molar-refractivity contribution in [3.8, 4) is 0 Å². The first-order valence-electron chi connectivity index (χ1n) is 6.79. The van der Waals surface area contributed by atoms with Crippen molar-refractivity contribution in [2.24, 2.45) is 23.2 Å². The van der Waals surface area contributed by atoms with Gasteiger partial charge in [-0.2, -0.15) is 0 Å². The maximum Gasteiger partial charge on any atom is 0.224 e. The lowest BCUT2D eigenvalue weighted by molar-refractivity contribution is -0.142. The molecule has 18 heavy (non-hydrogen) atoms. The smallest absolute Gasteiger partial charge is 0.224 e. The average molecular weight is 313 g/mol. The molecule has 0 saturated heterocycles. The molecule has 0 aromatic heterocycles. The number of fused-ring (bicyclic) bond motifs is 1. The molecule has 4 atom stereocenters. The Balaban J connectivity index is 2.47. The van der Waals surface area contributed by atoms with Crippen LogP contribution in [0.1, 0.15) is 40.0 Å². The highest BCUT2D eigenvalue weighted by atomic mass is 79.9. The molecule has 0 bridgehead atoms. The third-order valence-corrected chi connectivity index (χ3v) is 5.95. The SMILES string of the molecule is CC(CBr)C1=CC2(C)C(C)CCCC2C(=O)C1=O. The van der Waals surface area contributed by atoms with Crippen molar-refractivity contribution in [1.29, 1.82) is 0 Å². The highest BCUT2D eigenvalue weighted by Gasteiger charge is 2.50. The van der Waals surface area contributed by atoms with Gasteiger partial charge in [-0.1, -0.05) is 49.2 Å². The molecule has 1 fully saturated rings. The first kappa shape index (κ1) is 14.0. The summed E-state index contributed by atoms with van der Waals surface area (Å²) in [5.41, 5.74) is 0.610. The maximum absolute atomic E-state index is 12.3. The van der Waals surface area contributed by atoms with E-state index in [1.165, 1.54) is 0 Å². The molecule has 100 valence electrons. The Morgan fingerprint density at radius 1 is 1.44 bits per heavy atom. The fraction of sp³-hybridized carbons (Fsp3) is 0.733. The van der Waals surface area contributed by atoms with Gasteiger partial charge in [0, 0.05) is 16.8 Å². The summed E-state index contributed by atoms with van der Waals surface area (Å²) in [5, 5.41) is 0.729. The Kier molecular flexibility index (Phi) is 3.82. The number of carbonyl (C=O) groups excluding carboxylic acids is 2. The van der Waals surface area contributed by atoms with Gasteiger partial charge in [0.2, 0.25) is 11.6 Å². The summed E-state index contributed by atoms with van der Waals surface area (Å²) in [6.45, 7) is 6.37. The minimum absolute atomic E-state index is 0.0833. The van der Waals surface area contributed by atoms with Crippen LogP contribution in [0.3, 0.4) is 0 Å². The molecule has 4 unspecified atom stereocenters. The normalized spacial score (nSPS) is 38.1. The summed E-state index contributed by atoms with van der Waals surface area (Å²) >= 11 is 3.41. The number of alkyl halides is 1. The van der Waals surface area contributed by atoms with Crippen LogP contribution in [0, 0.1) is 23.2 Å². The Labute approximate surface area is 117 Å². The predicted octanol–water partition coefficient (Wildman–Crippen LogP) is 3.54. The van der Waals surface area contributed by atoms with Crippen LogP contribution >= 0.6 is 15.9 Å². The lowest BCUT2D eigenvalue weighted by Crippen LogP contribution is -2.47. The van der Waals surface area contributed by atoms with Crippen LogP contribution in [0.15, 0.2) is 11.6 Å². The molecule has 0 aromatic carbocycles. The third-order valence-electron chi connectivity index (χ3n) is 4.97. The summed E-state index contributed by atoms with van der Waals surface area (Å²) in [6.07, 6.45) is 5.22. The molecule has 2 aliphatic rings. The van der Waals surface area contributed by atoms with Gasteiger partial charge in [0.05, 0.1) is 0 Å². The molecule has 2 nitrogen and oxygen atoms in total. The summed E-state index contributed by atoms with van der Waals surface area (Å²) < 4.78 is 0. The van der Waals surface area contributed by atoms with Crippen LogP contribution in [0.2, 0.25) is 0 Å². The number of hydrogen-bond donors (Lipinski definition) is 0. The minimum Gasteiger partial charge on any atom is -0.290 e. The van der Waals surface area contributed by atoms with Gasteiger partial charge >= 0.3 is 0 Å². The average Bonchev–Trinajstić information content (AvgIpc) is 2.35. The van der Waals surface area contributed by atoms with E-state index in [-0.39, 0.29) is 28.8 Å². The standard InChI is InChI=1S/C15H21BrO2/c1-9(8-16)11-7-15(3)10(2)5-4-6-12(15)14(18)13(11)17/h7,9-10,12H,4-6,8H2,1-3H3. The quantitative estimate of drug-likeness (QED) is 0.577. The van der Waals surface area contributed by atoms with E-state index in [2.05, 4.69) is 35.9 Å². The van der Waals surface area contributed by atoms with E-state index < -0.39 is 0 Å². The Morgan fingerprint density at radius 3 is 2.72 bits per heavy atom. The van der Waals surface area contributed by atoms with Crippen LogP contribution < -0.4 is 0 Å². The molecule has 1 saturated carbocycles. The second kappa shape index (κ2) is 4.92. The van der Waals surface area contributed by atoms with E-state index in [1.54, 1.807) is 0 Å². The Hall–Kier alpha value is -0.440. The molecule has 0 amide bonds. The van der Waals surface area contributed by atoms with E-state index >= 15 is 0 Å².